The molecule has 0 saturated heterocycles. The van der Waals surface area contributed by atoms with Gasteiger partial charge in [-0.3, -0.25) is 4.79 Å². The Kier molecular flexibility index (Phi) is 4.25. The van der Waals surface area contributed by atoms with Gasteiger partial charge in [-0.1, -0.05) is 23.7 Å². The van der Waals surface area contributed by atoms with E-state index in [9.17, 15) is 9.18 Å². The van der Waals surface area contributed by atoms with E-state index in [1.165, 1.54) is 17.0 Å². The molecule has 2 aromatic rings. The molecule has 0 bridgehead atoms. The maximum absolute atomic E-state index is 13.1. The Morgan fingerprint density at radius 1 is 1.30 bits per heavy atom. The fourth-order valence-electron chi connectivity index (χ4n) is 1.94. The molecule has 104 valence electrons. The van der Waals surface area contributed by atoms with Crippen LogP contribution in [0.5, 0.6) is 0 Å². The number of nitrogens with two attached hydrogens (primary N) is 1. The molecule has 0 aromatic heterocycles. The highest BCUT2D eigenvalue weighted by atomic mass is 35.5. The quantitative estimate of drug-likeness (QED) is 0.882. The van der Waals surface area contributed by atoms with Gasteiger partial charge < -0.3 is 10.6 Å². The minimum absolute atomic E-state index is 0.219. The van der Waals surface area contributed by atoms with E-state index in [2.05, 4.69) is 0 Å². The Hall–Kier alpha value is -2.07. The largest absolute Gasteiger partial charge is 0.399 e. The van der Waals surface area contributed by atoms with Crippen molar-refractivity contribution in [3.63, 3.8) is 0 Å². The van der Waals surface area contributed by atoms with Crippen molar-refractivity contribution in [2.75, 3.05) is 12.8 Å². The van der Waals surface area contributed by atoms with Gasteiger partial charge in [-0.15, -0.1) is 0 Å². The van der Waals surface area contributed by atoms with Crippen LogP contribution in [0.15, 0.2) is 42.5 Å². The number of hydrogen-bond donors (Lipinski definition) is 1. The lowest BCUT2D eigenvalue weighted by Crippen LogP contribution is -2.26. The Morgan fingerprint density at radius 3 is 2.70 bits per heavy atom. The van der Waals surface area contributed by atoms with Gasteiger partial charge in [-0.05, 0) is 35.9 Å². The molecule has 0 atom stereocenters. The normalized spacial score (nSPS) is 10.3. The predicted octanol–water partition coefficient (Wildman–Crippen LogP) is 3.33. The van der Waals surface area contributed by atoms with Crippen LogP contribution in [0, 0.1) is 5.82 Å². The van der Waals surface area contributed by atoms with Gasteiger partial charge in [0, 0.05) is 29.9 Å². The highest BCUT2D eigenvalue weighted by molar-refractivity contribution is 6.31. The molecular weight excluding hydrogens is 279 g/mol. The maximum Gasteiger partial charge on any atom is 0.254 e. The second-order valence-corrected chi connectivity index (χ2v) is 5.00. The van der Waals surface area contributed by atoms with Crippen LogP contribution >= 0.6 is 11.6 Å². The topological polar surface area (TPSA) is 46.3 Å². The summed E-state index contributed by atoms with van der Waals surface area (Å²) in [5.74, 6) is -0.543. The number of rotatable bonds is 3. The summed E-state index contributed by atoms with van der Waals surface area (Å²) < 4.78 is 13.1. The van der Waals surface area contributed by atoms with Crippen molar-refractivity contribution in [3.8, 4) is 0 Å². The Bertz CT molecular complexity index is 625. The molecule has 20 heavy (non-hydrogen) atoms. The van der Waals surface area contributed by atoms with Crippen molar-refractivity contribution in [2.24, 2.45) is 0 Å². The molecule has 0 aliphatic carbocycles. The molecular formula is C15H14ClFN2O. The molecule has 1 amide bonds. The lowest BCUT2D eigenvalue weighted by molar-refractivity contribution is 0.0785. The SMILES string of the molecule is CN(Cc1cccc(F)c1)C(=O)c1cc(N)cc(Cl)c1. The number of carbonyl (C=O) groups is 1. The third-order valence-electron chi connectivity index (χ3n) is 2.82. The van der Waals surface area contributed by atoms with Crippen LogP contribution in [-0.2, 0) is 6.54 Å². The summed E-state index contributed by atoms with van der Waals surface area (Å²) in [5.41, 5.74) is 7.22. The molecule has 0 spiro atoms. The van der Waals surface area contributed by atoms with E-state index in [0.29, 0.717) is 22.8 Å². The minimum atomic E-state index is -0.324. The Labute approximate surface area is 121 Å². The van der Waals surface area contributed by atoms with Gasteiger partial charge in [0.25, 0.3) is 5.91 Å². The fourth-order valence-corrected chi connectivity index (χ4v) is 2.18. The molecule has 3 nitrogen and oxygen atoms in total. The summed E-state index contributed by atoms with van der Waals surface area (Å²) in [7, 11) is 1.64. The lowest BCUT2D eigenvalue weighted by atomic mass is 10.1. The van der Waals surface area contributed by atoms with Crippen LogP contribution in [0.3, 0.4) is 0 Å². The first-order valence-corrected chi connectivity index (χ1v) is 6.39. The van der Waals surface area contributed by atoms with E-state index < -0.39 is 0 Å². The summed E-state index contributed by atoms with van der Waals surface area (Å²) in [6.07, 6.45) is 0. The average molecular weight is 293 g/mol. The van der Waals surface area contributed by atoms with Gasteiger partial charge in [0.1, 0.15) is 5.82 Å². The molecule has 0 fully saturated rings. The third-order valence-corrected chi connectivity index (χ3v) is 3.04. The number of benzene rings is 2. The first kappa shape index (κ1) is 14.3. The smallest absolute Gasteiger partial charge is 0.254 e. The van der Waals surface area contributed by atoms with Gasteiger partial charge in [0.2, 0.25) is 0 Å². The standard InChI is InChI=1S/C15H14ClFN2O/c1-19(9-10-3-2-4-13(17)5-10)15(20)11-6-12(16)8-14(18)7-11/h2-8H,9,18H2,1H3. The molecule has 0 aliphatic rings. The van der Waals surface area contributed by atoms with Crippen LogP contribution in [0.1, 0.15) is 15.9 Å². The van der Waals surface area contributed by atoms with E-state index in [1.807, 2.05) is 0 Å². The van der Waals surface area contributed by atoms with Crippen LogP contribution in [-0.4, -0.2) is 17.9 Å². The first-order valence-electron chi connectivity index (χ1n) is 6.01. The second-order valence-electron chi connectivity index (χ2n) is 4.56. The summed E-state index contributed by atoms with van der Waals surface area (Å²) >= 11 is 5.88. The molecule has 0 radical (unpaired) electrons. The summed E-state index contributed by atoms with van der Waals surface area (Å²) in [6, 6.07) is 10.8. The van der Waals surface area contributed by atoms with Gasteiger partial charge in [-0.25, -0.2) is 4.39 Å². The molecule has 0 saturated carbocycles. The maximum atomic E-state index is 13.1. The van der Waals surface area contributed by atoms with Crippen LogP contribution in [0.4, 0.5) is 10.1 Å². The zero-order chi connectivity index (χ0) is 14.7. The molecule has 2 aromatic carbocycles. The highest BCUT2D eigenvalue weighted by Crippen LogP contribution is 2.18. The third kappa shape index (κ3) is 3.48. The van der Waals surface area contributed by atoms with Gasteiger partial charge in [-0.2, -0.15) is 0 Å². The summed E-state index contributed by atoms with van der Waals surface area (Å²) in [6.45, 7) is 0.309. The molecule has 2 rings (SSSR count). The number of hydrogen-bond acceptors (Lipinski definition) is 2. The highest BCUT2D eigenvalue weighted by Gasteiger charge is 2.13. The van der Waals surface area contributed by atoms with Gasteiger partial charge in [0.05, 0.1) is 0 Å². The van der Waals surface area contributed by atoms with E-state index >= 15 is 0 Å². The van der Waals surface area contributed by atoms with Crippen LogP contribution in [0.25, 0.3) is 0 Å². The van der Waals surface area contributed by atoms with E-state index in [4.69, 9.17) is 17.3 Å². The number of halogens is 2. The average Bonchev–Trinajstić information content (AvgIpc) is 2.36. The molecule has 0 unspecified atom stereocenters. The van der Waals surface area contributed by atoms with E-state index in [0.717, 1.165) is 5.56 Å². The van der Waals surface area contributed by atoms with E-state index in [1.54, 1.807) is 37.4 Å². The van der Waals surface area contributed by atoms with Crippen LogP contribution in [0.2, 0.25) is 5.02 Å². The van der Waals surface area contributed by atoms with Crippen molar-refractivity contribution < 1.29 is 9.18 Å². The van der Waals surface area contributed by atoms with E-state index in [-0.39, 0.29) is 11.7 Å². The number of nitrogen functional groups attached to an aromatic ring is 1. The second kappa shape index (κ2) is 5.92. The zero-order valence-corrected chi connectivity index (χ0v) is 11.7. The Morgan fingerprint density at radius 2 is 2.05 bits per heavy atom. The number of nitrogens with zero attached hydrogens (tertiary/aromatic N) is 1. The van der Waals surface area contributed by atoms with Crippen molar-refractivity contribution in [1.29, 1.82) is 0 Å². The van der Waals surface area contributed by atoms with Gasteiger partial charge in [0.15, 0.2) is 0 Å². The molecule has 5 heteroatoms. The van der Waals surface area contributed by atoms with Gasteiger partial charge >= 0.3 is 0 Å². The lowest BCUT2D eigenvalue weighted by Gasteiger charge is -2.17. The molecule has 0 aliphatic heterocycles. The zero-order valence-electron chi connectivity index (χ0n) is 10.9. The van der Waals surface area contributed by atoms with Crippen molar-refractivity contribution in [1.82, 2.24) is 4.90 Å². The van der Waals surface area contributed by atoms with Crippen molar-refractivity contribution >= 4 is 23.2 Å². The number of amides is 1. The minimum Gasteiger partial charge on any atom is -0.399 e. The number of anilines is 1. The molecule has 2 N–H and O–H groups in total. The monoisotopic (exact) mass is 292 g/mol. The summed E-state index contributed by atoms with van der Waals surface area (Å²) in [5, 5.41) is 0.410. The number of carbonyl (C=O) groups excluding carboxylic acids is 1. The van der Waals surface area contributed by atoms with Crippen molar-refractivity contribution in [2.45, 2.75) is 6.54 Å². The van der Waals surface area contributed by atoms with Crippen molar-refractivity contribution in [3.05, 3.63) is 64.4 Å². The van der Waals surface area contributed by atoms with Crippen LogP contribution < -0.4 is 5.73 Å². The Balaban J connectivity index is 2.16. The summed E-state index contributed by atoms with van der Waals surface area (Å²) in [4.78, 5) is 13.7. The molecule has 0 heterocycles. The first-order chi connectivity index (χ1) is 9.45. The fraction of sp³-hybridized carbons (Fsp3) is 0.133. The predicted molar refractivity (Wildman–Crippen MR) is 78.1 cm³/mol.